The molecule has 3 heterocycles. The van der Waals surface area contributed by atoms with E-state index in [1.165, 1.54) is 62.4 Å². The van der Waals surface area contributed by atoms with Crippen molar-refractivity contribution in [1.29, 1.82) is 0 Å². The Hall–Kier alpha value is -0.490. The second-order valence-corrected chi connectivity index (χ2v) is 9.31. The van der Waals surface area contributed by atoms with Crippen molar-refractivity contribution < 1.29 is 4.74 Å². The molecule has 0 bridgehead atoms. The van der Waals surface area contributed by atoms with Crippen molar-refractivity contribution in [3.63, 3.8) is 0 Å². The molecule has 3 fully saturated rings. The second-order valence-electron chi connectivity index (χ2n) is 8.37. The summed E-state index contributed by atoms with van der Waals surface area (Å²) < 4.78 is 6.10. The summed E-state index contributed by atoms with van der Waals surface area (Å²) in [4.78, 5) is 11.0. The molecule has 1 aromatic heterocycles. The van der Waals surface area contributed by atoms with Crippen molar-refractivity contribution in [2.75, 3.05) is 46.4 Å². The number of likely N-dealkylation sites (tertiary alicyclic amines) is 2. The molecule has 24 heavy (non-hydrogen) atoms. The predicted octanol–water partition coefficient (Wildman–Crippen LogP) is 3.02. The zero-order valence-electron chi connectivity index (χ0n) is 15.2. The smallest absolute Gasteiger partial charge is 0.0798 e. The van der Waals surface area contributed by atoms with Gasteiger partial charge in [0.15, 0.2) is 0 Å². The minimum atomic E-state index is 0.498. The number of ether oxygens (including phenoxy) is 1. The van der Waals surface area contributed by atoms with Crippen molar-refractivity contribution in [3.05, 3.63) is 16.1 Å². The van der Waals surface area contributed by atoms with Crippen molar-refractivity contribution in [2.24, 2.45) is 17.3 Å². The van der Waals surface area contributed by atoms with Gasteiger partial charge in [0.05, 0.1) is 17.8 Å². The number of rotatable bonds is 6. The van der Waals surface area contributed by atoms with Crippen molar-refractivity contribution in [1.82, 2.24) is 14.8 Å². The molecule has 1 spiro atoms. The Bertz CT molecular complexity index is 549. The Labute approximate surface area is 150 Å². The Morgan fingerprint density at radius 2 is 2.08 bits per heavy atom. The highest BCUT2D eigenvalue weighted by atomic mass is 32.1. The molecule has 5 heteroatoms. The topological polar surface area (TPSA) is 28.6 Å². The van der Waals surface area contributed by atoms with Gasteiger partial charge in [-0.2, -0.15) is 0 Å². The number of hydrogen-bond acceptors (Lipinski definition) is 5. The van der Waals surface area contributed by atoms with E-state index in [-0.39, 0.29) is 0 Å². The van der Waals surface area contributed by atoms with Crippen LogP contribution in [0.1, 0.15) is 36.3 Å². The van der Waals surface area contributed by atoms with Gasteiger partial charge in [0.1, 0.15) is 0 Å². The van der Waals surface area contributed by atoms with Crippen LogP contribution >= 0.6 is 11.3 Å². The third kappa shape index (κ3) is 3.69. The summed E-state index contributed by atoms with van der Waals surface area (Å²) in [5.41, 5.74) is 3.69. The van der Waals surface area contributed by atoms with Crippen LogP contribution in [0.4, 0.5) is 0 Å². The molecular weight excluding hydrogens is 318 g/mol. The van der Waals surface area contributed by atoms with Crippen molar-refractivity contribution in [2.45, 2.75) is 39.2 Å². The van der Waals surface area contributed by atoms with Crippen LogP contribution in [0.25, 0.3) is 0 Å². The summed E-state index contributed by atoms with van der Waals surface area (Å²) in [6.07, 6.45) is 5.43. The van der Waals surface area contributed by atoms with E-state index in [4.69, 9.17) is 4.74 Å². The lowest BCUT2D eigenvalue weighted by atomic mass is 9.71. The maximum absolute atomic E-state index is 6.10. The normalized spacial score (nSPS) is 28.0. The highest BCUT2D eigenvalue weighted by Gasteiger charge is 2.47. The van der Waals surface area contributed by atoms with Crippen LogP contribution in [-0.4, -0.2) is 61.2 Å². The van der Waals surface area contributed by atoms with Crippen LogP contribution in [0.5, 0.6) is 0 Å². The summed E-state index contributed by atoms with van der Waals surface area (Å²) in [5, 5.41) is 0. The Kier molecular flexibility index (Phi) is 4.96. The largest absolute Gasteiger partial charge is 0.381 e. The van der Waals surface area contributed by atoms with Crippen LogP contribution in [0.2, 0.25) is 0 Å². The first-order valence-corrected chi connectivity index (χ1v) is 10.4. The molecule has 1 aliphatic carbocycles. The monoisotopic (exact) mass is 349 g/mol. The van der Waals surface area contributed by atoms with E-state index >= 15 is 0 Å². The van der Waals surface area contributed by atoms with Gasteiger partial charge in [0.2, 0.25) is 0 Å². The Balaban J connectivity index is 1.32. The van der Waals surface area contributed by atoms with E-state index in [1.54, 1.807) is 11.3 Å². The molecule has 0 unspecified atom stereocenters. The average molecular weight is 350 g/mol. The van der Waals surface area contributed by atoms with E-state index in [0.29, 0.717) is 5.41 Å². The van der Waals surface area contributed by atoms with Crippen LogP contribution < -0.4 is 0 Å². The van der Waals surface area contributed by atoms with E-state index in [2.05, 4.69) is 28.8 Å². The lowest BCUT2D eigenvalue weighted by molar-refractivity contribution is 0.0169. The van der Waals surface area contributed by atoms with Gasteiger partial charge in [-0.3, -0.25) is 4.90 Å². The van der Waals surface area contributed by atoms with Crippen molar-refractivity contribution in [3.8, 4) is 0 Å². The van der Waals surface area contributed by atoms with Crippen LogP contribution in [-0.2, 0) is 11.3 Å². The van der Waals surface area contributed by atoms with Gasteiger partial charge in [-0.05, 0) is 64.1 Å². The highest BCUT2D eigenvalue weighted by molar-refractivity contribution is 7.09. The molecule has 0 amide bonds. The van der Waals surface area contributed by atoms with Crippen molar-refractivity contribution >= 4 is 11.3 Å². The third-order valence-corrected chi connectivity index (χ3v) is 7.34. The van der Waals surface area contributed by atoms with Gasteiger partial charge in [0, 0.05) is 37.0 Å². The number of thiazole rings is 1. The number of aryl methyl sites for hydroxylation is 1. The number of nitrogens with zero attached hydrogens (tertiary/aromatic N) is 3. The molecule has 2 saturated heterocycles. The van der Waals surface area contributed by atoms with Gasteiger partial charge in [-0.1, -0.05) is 0 Å². The van der Waals surface area contributed by atoms with Crippen LogP contribution in [0.3, 0.4) is 0 Å². The Morgan fingerprint density at radius 3 is 2.75 bits per heavy atom. The summed E-state index contributed by atoms with van der Waals surface area (Å²) in [7, 11) is 2.29. The molecule has 4 nitrogen and oxygen atoms in total. The summed E-state index contributed by atoms with van der Waals surface area (Å²) >= 11 is 1.81. The zero-order chi connectivity index (χ0) is 16.6. The van der Waals surface area contributed by atoms with Crippen LogP contribution in [0, 0.1) is 24.2 Å². The lowest BCUT2D eigenvalue weighted by Gasteiger charge is -2.42. The maximum atomic E-state index is 6.10. The number of hydrogen-bond donors (Lipinski definition) is 0. The van der Waals surface area contributed by atoms with E-state index in [9.17, 15) is 0 Å². The molecule has 0 radical (unpaired) electrons. The molecule has 4 rings (SSSR count). The molecule has 3 aliphatic rings. The fraction of sp³-hybridized carbons (Fsp3) is 0.842. The predicted molar refractivity (Wildman–Crippen MR) is 98.3 cm³/mol. The fourth-order valence-corrected chi connectivity index (χ4v) is 5.41. The summed E-state index contributed by atoms with van der Waals surface area (Å²) in [6.45, 7) is 10.1. The molecule has 1 saturated carbocycles. The van der Waals surface area contributed by atoms with Gasteiger partial charge < -0.3 is 9.64 Å². The van der Waals surface area contributed by atoms with E-state index < -0.39 is 0 Å². The van der Waals surface area contributed by atoms with Crippen LogP contribution in [0.15, 0.2) is 5.51 Å². The molecule has 1 aromatic rings. The maximum Gasteiger partial charge on any atom is 0.0798 e. The second kappa shape index (κ2) is 7.02. The highest BCUT2D eigenvalue weighted by Crippen LogP contribution is 2.45. The fourth-order valence-electron chi connectivity index (χ4n) is 4.60. The quantitative estimate of drug-likeness (QED) is 0.789. The number of piperidine rings is 1. The lowest BCUT2D eigenvalue weighted by Crippen LogP contribution is -2.44. The SMILES string of the molecule is Cc1ncsc1CN1CCC2(CC1)CN(C)C[C@H]2COCC1CC1. The minimum Gasteiger partial charge on any atom is -0.381 e. The first kappa shape index (κ1) is 17.0. The van der Waals surface area contributed by atoms with Gasteiger partial charge >= 0.3 is 0 Å². The van der Waals surface area contributed by atoms with E-state index in [1.807, 2.05) is 5.51 Å². The van der Waals surface area contributed by atoms with Gasteiger partial charge in [-0.25, -0.2) is 4.98 Å². The molecule has 2 aliphatic heterocycles. The first-order valence-electron chi connectivity index (χ1n) is 9.52. The number of aromatic nitrogens is 1. The third-order valence-electron chi connectivity index (χ3n) is 6.42. The van der Waals surface area contributed by atoms with Gasteiger partial charge in [-0.15, -0.1) is 11.3 Å². The van der Waals surface area contributed by atoms with E-state index in [0.717, 1.165) is 31.6 Å². The van der Waals surface area contributed by atoms with Gasteiger partial charge in [0.25, 0.3) is 0 Å². The average Bonchev–Trinajstić information content (AvgIpc) is 3.23. The summed E-state index contributed by atoms with van der Waals surface area (Å²) in [5.74, 6) is 1.61. The molecule has 0 aromatic carbocycles. The Morgan fingerprint density at radius 1 is 1.29 bits per heavy atom. The molecule has 0 N–H and O–H groups in total. The zero-order valence-corrected chi connectivity index (χ0v) is 16.0. The standard InChI is InChI=1S/C19H31N3OS/c1-15-18(24-14-20-15)10-22-7-5-19(6-8-22)13-21(2)9-17(19)12-23-11-16-3-4-16/h14,16-17H,3-13H2,1-2H3/t17-/m0/s1. The summed E-state index contributed by atoms with van der Waals surface area (Å²) in [6, 6.07) is 0. The first-order chi connectivity index (χ1) is 11.6. The molecule has 1 atom stereocenters. The minimum absolute atomic E-state index is 0.498. The molecule has 134 valence electrons. The molecular formula is C19H31N3OS.